The van der Waals surface area contributed by atoms with Gasteiger partial charge in [0.2, 0.25) is 5.91 Å². The number of benzene rings is 1. The number of imidazole rings is 1. The van der Waals surface area contributed by atoms with Crippen molar-refractivity contribution < 1.29 is 22.4 Å². The zero-order chi connectivity index (χ0) is 20.2. The molecule has 1 aromatic heterocycles. The van der Waals surface area contributed by atoms with E-state index < -0.39 is 29.5 Å². The minimum Gasteiger partial charge on any atom is -0.339 e. The molecule has 3 heterocycles. The van der Waals surface area contributed by atoms with Crippen LogP contribution in [0.15, 0.2) is 12.1 Å². The number of carbonyl (C=O) groups excluding carboxylic acids is 1. The van der Waals surface area contributed by atoms with Crippen LogP contribution in [-0.2, 0) is 31.2 Å². The molecule has 0 N–H and O–H groups in total. The van der Waals surface area contributed by atoms with Gasteiger partial charge in [-0.2, -0.15) is 0 Å². The summed E-state index contributed by atoms with van der Waals surface area (Å²) in [5.41, 5.74) is 1.07. The van der Waals surface area contributed by atoms with Crippen molar-refractivity contribution in [2.24, 2.45) is 7.05 Å². The summed E-state index contributed by atoms with van der Waals surface area (Å²) in [5.74, 6) is -3.89. The van der Waals surface area contributed by atoms with Crippen LogP contribution in [0.2, 0.25) is 0 Å². The third kappa shape index (κ3) is 3.05. The highest BCUT2D eigenvalue weighted by atomic mass is 32.1. The Labute approximate surface area is 164 Å². The minimum absolute atomic E-state index is 0.0377. The van der Waals surface area contributed by atoms with Gasteiger partial charge in [-0.15, -0.1) is 0 Å². The topological polar surface area (TPSA) is 30.2 Å². The zero-order valence-electron chi connectivity index (χ0n) is 15.2. The van der Waals surface area contributed by atoms with E-state index in [-0.39, 0.29) is 37.4 Å². The lowest BCUT2D eigenvalue weighted by molar-refractivity contribution is -0.129. The Balaban J connectivity index is 1.64. The molecule has 0 spiro atoms. The SMILES string of the molecule is Cn1c(CC(=O)N2CC[C@@H](F)C2)c2n(c1=S)C[C@@H](c1c(F)ccc(F)c1F)C2. The number of halogens is 4. The van der Waals surface area contributed by atoms with Crippen molar-refractivity contribution >= 4 is 18.1 Å². The smallest absolute Gasteiger partial charge is 0.228 e. The van der Waals surface area contributed by atoms with Crippen LogP contribution < -0.4 is 0 Å². The average molecular weight is 413 g/mol. The molecule has 2 aliphatic rings. The fraction of sp³-hybridized carbons (Fsp3) is 0.474. The molecule has 0 unspecified atom stereocenters. The van der Waals surface area contributed by atoms with Crippen LogP contribution in [0.5, 0.6) is 0 Å². The molecule has 2 aliphatic heterocycles. The summed E-state index contributed by atoms with van der Waals surface area (Å²) in [6.45, 7) is 0.675. The van der Waals surface area contributed by atoms with E-state index in [0.29, 0.717) is 29.1 Å². The molecular formula is C19H19F4N3OS. The maximum absolute atomic E-state index is 14.2. The van der Waals surface area contributed by atoms with Gasteiger partial charge in [0.25, 0.3) is 0 Å². The second-order valence-corrected chi connectivity index (χ2v) is 7.77. The monoisotopic (exact) mass is 413 g/mol. The van der Waals surface area contributed by atoms with E-state index >= 15 is 0 Å². The van der Waals surface area contributed by atoms with Gasteiger partial charge in [0.05, 0.1) is 13.0 Å². The quantitative estimate of drug-likeness (QED) is 0.439. The van der Waals surface area contributed by atoms with E-state index in [2.05, 4.69) is 0 Å². The van der Waals surface area contributed by atoms with E-state index in [1.54, 1.807) is 16.2 Å². The number of rotatable bonds is 3. The Bertz CT molecular complexity index is 1020. The summed E-state index contributed by atoms with van der Waals surface area (Å²) < 4.78 is 59.3. The van der Waals surface area contributed by atoms with Crippen molar-refractivity contribution in [3.05, 3.63) is 51.3 Å². The summed E-state index contributed by atoms with van der Waals surface area (Å²) in [6.07, 6.45) is -0.389. The highest BCUT2D eigenvalue weighted by Gasteiger charge is 2.34. The van der Waals surface area contributed by atoms with Crippen molar-refractivity contribution in [2.45, 2.75) is 37.9 Å². The molecule has 1 fully saturated rings. The molecule has 0 radical (unpaired) electrons. The molecule has 4 nitrogen and oxygen atoms in total. The number of aromatic nitrogens is 2. The molecule has 1 amide bonds. The maximum atomic E-state index is 14.2. The molecule has 9 heteroatoms. The van der Waals surface area contributed by atoms with Gasteiger partial charge >= 0.3 is 0 Å². The Kier molecular flexibility index (Phi) is 4.81. The molecule has 150 valence electrons. The first-order valence-electron chi connectivity index (χ1n) is 9.10. The Hall–Kier alpha value is -2.16. The zero-order valence-corrected chi connectivity index (χ0v) is 16.0. The molecule has 1 saturated heterocycles. The predicted molar refractivity (Wildman–Crippen MR) is 96.8 cm³/mol. The predicted octanol–water partition coefficient (Wildman–Crippen LogP) is 3.43. The number of carbonyl (C=O) groups is 1. The van der Waals surface area contributed by atoms with Crippen molar-refractivity contribution in [1.82, 2.24) is 14.0 Å². The fourth-order valence-corrected chi connectivity index (χ4v) is 4.52. The number of nitrogens with zero attached hydrogens (tertiary/aromatic N) is 3. The summed E-state index contributed by atoms with van der Waals surface area (Å²) in [7, 11) is 1.73. The van der Waals surface area contributed by atoms with Crippen LogP contribution in [0.1, 0.15) is 29.3 Å². The van der Waals surface area contributed by atoms with Gasteiger partial charge in [-0.05, 0) is 37.2 Å². The second-order valence-electron chi connectivity index (χ2n) is 7.41. The molecule has 2 aromatic rings. The highest BCUT2D eigenvalue weighted by Crippen LogP contribution is 2.36. The van der Waals surface area contributed by atoms with E-state index in [0.717, 1.165) is 12.1 Å². The van der Waals surface area contributed by atoms with Crippen LogP contribution >= 0.6 is 12.2 Å². The molecule has 4 rings (SSSR count). The molecule has 0 aliphatic carbocycles. The van der Waals surface area contributed by atoms with Crippen molar-refractivity contribution in [3.8, 4) is 0 Å². The van der Waals surface area contributed by atoms with Gasteiger partial charge in [0.1, 0.15) is 12.0 Å². The van der Waals surface area contributed by atoms with Crippen LogP contribution in [0.4, 0.5) is 17.6 Å². The first kappa shape index (κ1) is 19.2. The van der Waals surface area contributed by atoms with Crippen LogP contribution in [0.25, 0.3) is 0 Å². The van der Waals surface area contributed by atoms with E-state index in [9.17, 15) is 22.4 Å². The summed E-state index contributed by atoms with van der Waals surface area (Å²) in [6, 6.07) is 1.68. The fourth-order valence-electron chi connectivity index (χ4n) is 4.23. The Morgan fingerprint density at radius 2 is 1.93 bits per heavy atom. The van der Waals surface area contributed by atoms with E-state index in [4.69, 9.17) is 12.2 Å². The van der Waals surface area contributed by atoms with Gasteiger partial charge < -0.3 is 14.0 Å². The standard InChI is InChI=1S/C19H19F4N3OS/c1-24-14(7-16(27)25-5-4-11(20)9-25)15-6-10(8-26(15)19(24)28)17-12(21)2-3-13(22)18(17)23/h2-3,10-11H,4-9H2,1H3/t10-,11+/m0/s1. The number of amides is 1. The van der Waals surface area contributed by atoms with Gasteiger partial charge in [-0.1, -0.05) is 0 Å². The largest absolute Gasteiger partial charge is 0.339 e. The minimum atomic E-state index is -1.19. The molecule has 2 atom stereocenters. The van der Waals surface area contributed by atoms with Crippen LogP contribution in [0, 0.1) is 22.2 Å². The molecule has 0 saturated carbocycles. The molecule has 1 aromatic carbocycles. The number of fused-ring (bicyclic) bond motifs is 1. The number of alkyl halides is 1. The first-order chi connectivity index (χ1) is 13.3. The Morgan fingerprint density at radius 3 is 2.61 bits per heavy atom. The Morgan fingerprint density at radius 1 is 1.21 bits per heavy atom. The van der Waals surface area contributed by atoms with Crippen molar-refractivity contribution in [3.63, 3.8) is 0 Å². The lowest BCUT2D eigenvalue weighted by Crippen LogP contribution is -2.31. The van der Waals surface area contributed by atoms with Gasteiger partial charge in [-0.25, -0.2) is 17.6 Å². The van der Waals surface area contributed by atoms with Gasteiger partial charge in [-0.3, -0.25) is 4.79 Å². The lowest BCUT2D eigenvalue weighted by Gasteiger charge is -2.16. The van der Waals surface area contributed by atoms with Crippen LogP contribution in [0.3, 0.4) is 0 Å². The van der Waals surface area contributed by atoms with Crippen LogP contribution in [-0.4, -0.2) is 39.2 Å². The first-order valence-corrected chi connectivity index (χ1v) is 9.51. The van der Waals surface area contributed by atoms with E-state index in [1.807, 2.05) is 0 Å². The maximum Gasteiger partial charge on any atom is 0.228 e. The summed E-state index contributed by atoms with van der Waals surface area (Å²) in [5, 5.41) is 0. The average Bonchev–Trinajstić information content (AvgIpc) is 3.33. The molecule has 28 heavy (non-hydrogen) atoms. The van der Waals surface area contributed by atoms with Gasteiger partial charge in [0, 0.05) is 43.0 Å². The van der Waals surface area contributed by atoms with Crippen molar-refractivity contribution in [1.29, 1.82) is 0 Å². The molecule has 0 bridgehead atoms. The normalized spacial score (nSPS) is 21.4. The molecular weight excluding hydrogens is 394 g/mol. The third-order valence-corrected chi connectivity index (χ3v) is 6.21. The second kappa shape index (κ2) is 7.02. The number of hydrogen-bond donors (Lipinski definition) is 0. The number of likely N-dealkylation sites (tertiary alicyclic amines) is 1. The summed E-state index contributed by atoms with van der Waals surface area (Å²) >= 11 is 5.42. The van der Waals surface area contributed by atoms with Crippen molar-refractivity contribution in [2.75, 3.05) is 13.1 Å². The third-order valence-electron chi connectivity index (χ3n) is 5.71. The van der Waals surface area contributed by atoms with E-state index in [1.165, 1.54) is 4.90 Å². The number of hydrogen-bond acceptors (Lipinski definition) is 2. The highest BCUT2D eigenvalue weighted by molar-refractivity contribution is 7.71. The lowest BCUT2D eigenvalue weighted by atomic mass is 9.95. The van der Waals surface area contributed by atoms with Gasteiger partial charge in [0.15, 0.2) is 16.4 Å². The summed E-state index contributed by atoms with van der Waals surface area (Å²) in [4.78, 5) is 14.0.